The molecular weight excluding hydrogens is 359 g/mol. The average Bonchev–Trinajstić information content (AvgIpc) is 2.90. The van der Waals surface area contributed by atoms with Gasteiger partial charge in [-0.1, -0.05) is 0 Å². The molecule has 22 heavy (non-hydrogen) atoms. The summed E-state index contributed by atoms with van der Waals surface area (Å²) < 4.78 is 96.9. The molecule has 3 aliphatic rings. The van der Waals surface area contributed by atoms with Crippen LogP contribution in [0.4, 0.5) is 13.2 Å². The first-order valence-corrected chi connectivity index (χ1v) is 8.56. The molecule has 0 saturated carbocycles. The molecule has 3 heterocycles. The maximum atomic E-state index is 12.1. The predicted octanol–water partition coefficient (Wildman–Crippen LogP) is -0.448. The van der Waals surface area contributed by atoms with Gasteiger partial charge in [0.2, 0.25) is 10.3 Å². The lowest BCUT2D eigenvalue weighted by atomic mass is 9.88. The van der Waals surface area contributed by atoms with Crippen molar-refractivity contribution in [2.45, 2.75) is 36.3 Å². The fraction of sp³-hybridized carbons (Fsp3) is 0.875. The van der Waals surface area contributed by atoms with Crippen LogP contribution in [-0.4, -0.2) is 52.7 Å². The summed E-state index contributed by atoms with van der Waals surface area (Å²) in [6.07, 6.45) is -4.12. The Kier molecular flexibility index (Phi) is 3.28. The van der Waals surface area contributed by atoms with Crippen molar-refractivity contribution in [2.75, 3.05) is 0 Å². The molecule has 14 heteroatoms. The van der Waals surface area contributed by atoms with Crippen molar-refractivity contribution in [1.29, 1.82) is 0 Å². The van der Waals surface area contributed by atoms with E-state index in [1.165, 1.54) is 0 Å². The highest BCUT2D eigenvalue weighted by atomic mass is 32.3. The number of carbonyl (C=O) groups is 1. The average molecular weight is 366 g/mol. The summed E-state index contributed by atoms with van der Waals surface area (Å²) in [5.41, 5.74) is -5.88. The maximum absolute atomic E-state index is 12.1. The first-order chi connectivity index (χ1) is 9.91. The number of alkyl halides is 3. The molecule has 0 aromatic carbocycles. The summed E-state index contributed by atoms with van der Waals surface area (Å²) in [6.45, 7) is 0. The van der Waals surface area contributed by atoms with Crippen LogP contribution in [0.15, 0.2) is 0 Å². The van der Waals surface area contributed by atoms with E-state index in [9.17, 15) is 34.8 Å². The molecular formula is C8H7F3NO8S2-. The number of sulfonamides is 1. The third-order valence-electron chi connectivity index (χ3n) is 3.50. The van der Waals surface area contributed by atoms with Crippen molar-refractivity contribution in [3.8, 4) is 0 Å². The molecule has 5 atom stereocenters. The van der Waals surface area contributed by atoms with Crippen molar-refractivity contribution < 1.29 is 48.5 Å². The number of hydrogen-bond donors (Lipinski definition) is 0. The van der Waals surface area contributed by atoms with E-state index in [-0.39, 0.29) is 6.42 Å². The minimum Gasteiger partial charge on any atom is -0.456 e. The van der Waals surface area contributed by atoms with E-state index in [2.05, 4.69) is 4.18 Å². The molecule has 0 aromatic rings. The third-order valence-corrected chi connectivity index (χ3v) is 6.06. The van der Waals surface area contributed by atoms with Gasteiger partial charge in [0, 0.05) is 0 Å². The monoisotopic (exact) mass is 366 g/mol. The Bertz CT molecular complexity index is 716. The SMILES string of the molecule is O=C1OC2C(OS(=O)(=O)[N-]S(=O)(=O)C(F)(F)F)C3CC1C2O3. The Morgan fingerprint density at radius 2 is 1.82 bits per heavy atom. The van der Waals surface area contributed by atoms with E-state index < -0.39 is 62.1 Å². The second-order valence-electron chi connectivity index (χ2n) is 4.87. The van der Waals surface area contributed by atoms with Crippen molar-refractivity contribution in [2.24, 2.45) is 5.92 Å². The number of fused-ring (bicyclic) bond motifs is 1. The van der Waals surface area contributed by atoms with Gasteiger partial charge in [0.15, 0.2) is 16.1 Å². The van der Waals surface area contributed by atoms with Crippen LogP contribution in [0.25, 0.3) is 4.13 Å². The molecule has 126 valence electrons. The second-order valence-corrected chi connectivity index (χ2v) is 7.92. The normalized spacial score (nSPS) is 37.6. The van der Waals surface area contributed by atoms with Crippen molar-refractivity contribution in [3.63, 3.8) is 0 Å². The van der Waals surface area contributed by atoms with Gasteiger partial charge in [0.25, 0.3) is 0 Å². The van der Waals surface area contributed by atoms with Gasteiger partial charge in [-0.2, -0.15) is 13.2 Å². The maximum Gasteiger partial charge on any atom is 0.480 e. The van der Waals surface area contributed by atoms with Crippen LogP contribution < -0.4 is 0 Å². The minimum atomic E-state index is -6.27. The Balaban J connectivity index is 1.75. The lowest BCUT2D eigenvalue weighted by Crippen LogP contribution is -2.40. The Morgan fingerprint density at radius 3 is 2.41 bits per heavy atom. The minimum absolute atomic E-state index is 0.0756. The molecule has 0 radical (unpaired) electrons. The summed E-state index contributed by atoms with van der Waals surface area (Å²) in [5.74, 6) is -1.20. The first kappa shape index (κ1) is 15.9. The van der Waals surface area contributed by atoms with Crippen LogP contribution in [-0.2, 0) is 38.8 Å². The van der Waals surface area contributed by atoms with E-state index in [4.69, 9.17) is 9.47 Å². The lowest BCUT2D eigenvalue weighted by Gasteiger charge is -2.27. The number of esters is 1. The van der Waals surface area contributed by atoms with Gasteiger partial charge in [0.05, 0.1) is 12.0 Å². The van der Waals surface area contributed by atoms with E-state index in [0.717, 1.165) is 0 Å². The first-order valence-electron chi connectivity index (χ1n) is 5.76. The van der Waals surface area contributed by atoms with Crippen molar-refractivity contribution in [1.82, 2.24) is 0 Å². The van der Waals surface area contributed by atoms with Crippen LogP contribution in [0.3, 0.4) is 0 Å². The molecule has 0 spiro atoms. The molecule has 0 aromatic heterocycles. The fourth-order valence-corrected chi connectivity index (χ4v) is 4.63. The number of carbonyl (C=O) groups excluding carboxylic acids is 1. The number of ether oxygens (including phenoxy) is 2. The summed E-state index contributed by atoms with van der Waals surface area (Å²) >= 11 is 0. The second kappa shape index (κ2) is 4.53. The molecule has 2 bridgehead atoms. The molecule has 5 unspecified atom stereocenters. The fourth-order valence-electron chi connectivity index (χ4n) is 2.68. The van der Waals surface area contributed by atoms with Gasteiger partial charge >= 0.3 is 11.5 Å². The van der Waals surface area contributed by atoms with Crippen LogP contribution in [0.1, 0.15) is 6.42 Å². The number of rotatable bonds is 4. The Morgan fingerprint density at radius 1 is 1.18 bits per heavy atom. The molecule has 3 saturated heterocycles. The molecule has 3 aliphatic heterocycles. The van der Waals surface area contributed by atoms with Crippen molar-refractivity contribution in [3.05, 3.63) is 4.13 Å². The largest absolute Gasteiger partial charge is 0.480 e. The molecule has 9 nitrogen and oxygen atoms in total. The van der Waals surface area contributed by atoms with Gasteiger partial charge in [-0.25, -0.2) is 16.8 Å². The molecule has 3 rings (SSSR count). The lowest BCUT2D eigenvalue weighted by molar-refractivity contribution is -0.145. The van der Waals surface area contributed by atoms with Crippen LogP contribution in [0.2, 0.25) is 0 Å². The highest BCUT2D eigenvalue weighted by molar-refractivity contribution is 8.10. The Hall–Kier alpha value is -0.960. The van der Waals surface area contributed by atoms with Crippen LogP contribution in [0.5, 0.6) is 0 Å². The summed E-state index contributed by atoms with van der Waals surface area (Å²) in [7, 11) is -11.7. The van der Waals surface area contributed by atoms with Gasteiger partial charge in [-0.15, -0.1) is 0 Å². The van der Waals surface area contributed by atoms with Gasteiger partial charge in [-0.05, 0) is 6.42 Å². The molecule has 3 fully saturated rings. The third kappa shape index (κ3) is 2.38. The summed E-state index contributed by atoms with van der Waals surface area (Å²) in [4.78, 5) is 11.4. The quantitative estimate of drug-likeness (QED) is 0.612. The van der Waals surface area contributed by atoms with Crippen LogP contribution in [0, 0.1) is 5.92 Å². The topological polar surface area (TPSA) is 127 Å². The zero-order valence-corrected chi connectivity index (χ0v) is 11.9. The smallest absolute Gasteiger partial charge is 0.456 e. The summed E-state index contributed by atoms with van der Waals surface area (Å²) in [5, 5.41) is 0. The predicted molar refractivity (Wildman–Crippen MR) is 58.8 cm³/mol. The zero-order chi connectivity index (χ0) is 16.5. The molecule has 0 N–H and O–H groups in total. The highest BCUT2D eigenvalue weighted by Crippen LogP contribution is 2.48. The van der Waals surface area contributed by atoms with Gasteiger partial charge in [-0.3, -0.25) is 8.98 Å². The number of hydrogen-bond acceptors (Lipinski definition) is 8. The summed E-state index contributed by atoms with van der Waals surface area (Å²) in [6, 6.07) is 0. The van der Waals surface area contributed by atoms with Crippen LogP contribution >= 0.6 is 0 Å². The highest BCUT2D eigenvalue weighted by Gasteiger charge is 2.64. The number of halogens is 3. The number of nitrogens with zero attached hydrogens (tertiary/aromatic N) is 1. The molecule has 0 aliphatic carbocycles. The zero-order valence-electron chi connectivity index (χ0n) is 10.3. The van der Waals surface area contributed by atoms with Gasteiger partial charge < -0.3 is 13.6 Å². The van der Waals surface area contributed by atoms with E-state index in [1.807, 2.05) is 0 Å². The van der Waals surface area contributed by atoms with Crippen molar-refractivity contribution >= 4 is 26.3 Å². The molecule has 0 amide bonds. The van der Waals surface area contributed by atoms with E-state index in [1.54, 1.807) is 4.13 Å². The Labute approximate surface area is 122 Å². The standard InChI is InChI=1S/C8H7F3NO8S2/c9-8(10,11)21(14,15)12-22(16,17)20-5-3-1-2-4(18-3)6(5)19-7(2)13/h2-6H,1H2/q-1. The van der Waals surface area contributed by atoms with E-state index >= 15 is 0 Å². The van der Waals surface area contributed by atoms with E-state index in [0.29, 0.717) is 0 Å². The van der Waals surface area contributed by atoms with Gasteiger partial charge in [0.1, 0.15) is 12.2 Å².